The van der Waals surface area contributed by atoms with Crippen molar-refractivity contribution in [3.63, 3.8) is 0 Å². The maximum absolute atomic E-state index is 13.6. The topological polar surface area (TPSA) is 113 Å². The van der Waals surface area contributed by atoms with Gasteiger partial charge >= 0.3 is 11.9 Å². The van der Waals surface area contributed by atoms with Gasteiger partial charge in [0.2, 0.25) is 6.79 Å². The zero-order valence-electron chi connectivity index (χ0n) is 22.5. The zero-order valence-corrected chi connectivity index (χ0v) is 22.5. The summed E-state index contributed by atoms with van der Waals surface area (Å²) < 4.78 is 48.5. The Labute approximate surface area is 230 Å². The molecule has 2 aromatic carbocycles. The molecule has 0 aliphatic heterocycles. The van der Waals surface area contributed by atoms with Gasteiger partial charge in [-0.3, -0.25) is 9.59 Å². The maximum atomic E-state index is 13.6. The van der Waals surface area contributed by atoms with Gasteiger partial charge in [0.1, 0.15) is 23.8 Å². The van der Waals surface area contributed by atoms with E-state index in [9.17, 15) is 23.2 Å². The fourth-order valence-electron chi connectivity index (χ4n) is 3.92. The van der Waals surface area contributed by atoms with E-state index in [0.717, 1.165) is 0 Å². The van der Waals surface area contributed by atoms with Crippen molar-refractivity contribution in [1.82, 2.24) is 10.3 Å². The number of hydrogen-bond donors (Lipinski definition) is 1. The SMILES string of the molecule is CCOc1ccnc(C(=O)N[C@@H](C)C(=O)O[C@@H](C)C(c2ccc(F)cc2)c2ccc(F)cc2)c1OCOC(C)=O. The Hall–Kier alpha value is -4.54. The van der Waals surface area contributed by atoms with Crippen LogP contribution in [-0.2, 0) is 19.1 Å². The Kier molecular flexibility index (Phi) is 10.5. The van der Waals surface area contributed by atoms with Crippen LogP contribution >= 0.6 is 0 Å². The fourth-order valence-corrected chi connectivity index (χ4v) is 3.92. The molecule has 0 saturated carbocycles. The van der Waals surface area contributed by atoms with Crippen LogP contribution in [-0.4, -0.2) is 48.4 Å². The van der Waals surface area contributed by atoms with Gasteiger partial charge in [0.25, 0.3) is 5.91 Å². The molecule has 2 atom stereocenters. The smallest absolute Gasteiger partial charge is 0.328 e. The first-order valence-corrected chi connectivity index (χ1v) is 12.5. The monoisotopic (exact) mass is 556 g/mol. The molecule has 9 nitrogen and oxygen atoms in total. The summed E-state index contributed by atoms with van der Waals surface area (Å²) in [5.41, 5.74) is 1.11. The molecular weight excluding hydrogens is 526 g/mol. The number of ether oxygens (including phenoxy) is 4. The van der Waals surface area contributed by atoms with Gasteiger partial charge in [-0.2, -0.15) is 0 Å². The van der Waals surface area contributed by atoms with Gasteiger partial charge < -0.3 is 24.3 Å². The fraction of sp³-hybridized carbons (Fsp3) is 0.310. The van der Waals surface area contributed by atoms with E-state index >= 15 is 0 Å². The minimum atomic E-state index is -1.11. The molecule has 0 bridgehead atoms. The van der Waals surface area contributed by atoms with Crippen molar-refractivity contribution in [2.75, 3.05) is 13.4 Å². The highest BCUT2D eigenvalue weighted by atomic mass is 19.1. The van der Waals surface area contributed by atoms with Crippen molar-refractivity contribution in [1.29, 1.82) is 0 Å². The number of hydrogen-bond acceptors (Lipinski definition) is 8. The Morgan fingerprint density at radius 1 is 0.900 bits per heavy atom. The lowest BCUT2D eigenvalue weighted by Gasteiger charge is -2.26. The first kappa shape index (κ1) is 30.0. The van der Waals surface area contributed by atoms with Gasteiger partial charge in [-0.25, -0.2) is 18.6 Å². The number of halogens is 2. The van der Waals surface area contributed by atoms with Gasteiger partial charge in [-0.1, -0.05) is 24.3 Å². The van der Waals surface area contributed by atoms with Crippen molar-refractivity contribution in [2.24, 2.45) is 0 Å². The van der Waals surface area contributed by atoms with E-state index in [1.807, 2.05) is 0 Å². The summed E-state index contributed by atoms with van der Waals surface area (Å²) in [5.74, 6) is -3.37. The number of carbonyl (C=O) groups excluding carboxylic acids is 3. The molecule has 3 aromatic rings. The molecule has 3 rings (SSSR count). The molecule has 1 amide bonds. The third-order valence-electron chi connectivity index (χ3n) is 5.78. The number of nitrogens with zero attached hydrogens (tertiary/aromatic N) is 1. The Morgan fingerprint density at radius 3 is 2.00 bits per heavy atom. The number of esters is 2. The van der Waals surface area contributed by atoms with Gasteiger partial charge in [0.05, 0.1) is 6.61 Å². The normalized spacial score (nSPS) is 12.3. The van der Waals surface area contributed by atoms with E-state index in [-0.39, 0.29) is 23.8 Å². The third-order valence-corrected chi connectivity index (χ3v) is 5.78. The van der Waals surface area contributed by atoms with Crippen molar-refractivity contribution < 1.29 is 42.1 Å². The molecule has 40 heavy (non-hydrogen) atoms. The van der Waals surface area contributed by atoms with Crippen LogP contribution < -0.4 is 14.8 Å². The van der Waals surface area contributed by atoms with E-state index in [4.69, 9.17) is 18.9 Å². The second-order valence-electron chi connectivity index (χ2n) is 8.74. The molecule has 0 saturated heterocycles. The van der Waals surface area contributed by atoms with Crippen molar-refractivity contribution in [3.8, 4) is 11.5 Å². The predicted molar refractivity (Wildman–Crippen MR) is 140 cm³/mol. The van der Waals surface area contributed by atoms with E-state index < -0.39 is 54.3 Å². The number of aromatic nitrogens is 1. The number of pyridine rings is 1. The van der Waals surface area contributed by atoms with Crippen LogP contribution in [0.15, 0.2) is 60.8 Å². The van der Waals surface area contributed by atoms with E-state index in [0.29, 0.717) is 11.1 Å². The molecule has 11 heteroatoms. The molecular formula is C29H30F2N2O7. The van der Waals surface area contributed by atoms with Crippen molar-refractivity contribution in [2.45, 2.75) is 45.8 Å². The van der Waals surface area contributed by atoms with Gasteiger partial charge in [0, 0.05) is 25.1 Å². The number of carbonyl (C=O) groups is 3. The van der Waals surface area contributed by atoms with Gasteiger partial charge in [-0.05, 0) is 56.2 Å². The van der Waals surface area contributed by atoms with Gasteiger partial charge in [-0.15, -0.1) is 0 Å². The number of amides is 1. The molecule has 0 aliphatic rings. The lowest BCUT2D eigenvalue weighted by molar-refractivity contribution is -0.151. The standard InChI is InChI=1S/C29H30F2N2O7/c1-5-37-24-14-15-32-26(27(24)39-16-38-19(4)34)28(35)33-17(2)29(36)40-18(3)25(20-6-10-22(30)11-7-20)21-8-12-23(31)13-9-21/h6-15,17-18,25H,5,16H2,1-4H3,(H,33,35)/t17-,18-/m0/s1. The van der Waals surface area contributed by atoms with Crippen LogP contribution in [0.2, 0.25) is 0 Å². The van der Waals surface area contributed by atoms with Crippen LogP contribution in [0.1, 0.15) is 55.2 Å². The molecule has 0 fully saturated rings. The highest BCUT2D eigenvalue weighted by molar-refractivity contribution is 5.98. The summed E-state index contributed by atoms with van der Waals surface area (Å²) in [5, 5.41) is 2.53. The summed E-state index contributed by atoms with van der Waals surface area (Å²) in [6.45, 7) is 5.81. The minimum absolute atomic E-state index is 0.0651. The summed E-state index contributed by atoms with van der Waals surface area (Å²) >= 11 is 0. The second kappa shape index (κ2) is 14.0. The molecule has 0 unspecified atom stereocenters. The summed E-state index contributed by atoms with van der Waals surface area (Å²) in [6.07, 6.45) is 0.560. The molecule has 0 radical (unpaired) electrons. The number of rotatable bonds is 12. The van der Waals surface area contributed by atoms with Crippen LogP contribution in [0.25, 0.3) is 0 Å². The third kappa shape index (κ3) is 7.98. The Balaban J connectivity index is 1.76. The maximum Gasteiger partial charge on any atom is 0.328 e. The number of benzene rings is 2. The van der Waals surface area contributed by atoms with E-state index in [1.165, 1.54) is 50.4 Å². The van der Waals surface area contributed by atoms with E-state index in [1.54, 1.807) is 38.1 Å². The highest BCUT2D eigenvalue weighted by Gasteiger charge is 2.29. The minimum Gasteiger partial charge on any atom is -0.490 e. The summed E-state index contributed by atoms with van der Waals surface area (Å²) in [6, 6.07) is 11.8. The molecule has 0 aliphatic carbocycles. The largest absolute Gasteiger partial charge is 0.490 e. The molecule has 1 N–H and O–H groups in total. The predicted octanol–water partition coefficient (Wildman–Crippen LogP) is 4.54. The second-order valence-corrected chi connectivity index (χ2v) is 8.74. The van der Waals surface area contributed by atoms with Crippen LogP contribution in [0, 0.1) is 11.6 Å². The van der Waals surface area contributed by atoms with Gasteiger partial charge in [0.15, 0.2) is 17.2 Å². The van der Waals surface area contributed by atoms with Crippen molar-refractivity contribution >= 4 is 17.8 Å². The van der Waals surface area contributed by atoms with Crippen LogP contribution in [0.5, 0.6) is 11.5 Å². The quantitative estimate of drug-likeness (QED) is 0.256. The van der Waals surface area contributed by atoms with Crippen LogP contribution in [0.3, 0.4) is 0 Å². The Morgan fingerprint density at radius 2 is 1.48 bits per heavy atom. The van der Waals surface area contributed by atoms with E-state index in [2.05, 4.69) is 10.3 Å². The highest BCUT2D eigenvalue weighted by Crippen LogP contribution is 2.32. The average Bonchev–Trinajstić information content (AvgIpc) is 2.91. The lowest BCUT2D eigenvalue weighted by atomic mass is 9.87. The van der Waals surface area contributed by atoms with Crippen LogP contribution in [0.4, 0.5) is 8.78 Å². The first-order chi connectivity index (χ1) is 19.1. The summed E-state index contributed by atoms with van der Waals surface area (Å²) in [7, 11) is 0. The molecule has 212 valence electrons. The molecule has 1 aromatic heterocycles. The number of nitrogens with one attached hydrogen (secondary N) is 1. The van der Waals surface area contributed by atoms with Crippen molar-refractivity contribution in [3.05, 3.63) is 89.2 Å². The lowest BCUT2D eigenvalue weighted by Crippen LogP contribution is -2.41. The zero-order chi connectivity index (χ0) is 29.2. The first-order valence-electron chi connectivity index (χ1n) is 12.5. The Bertz CT molecular complexity index is 1270. The molecule has 0 spiro atoms. The average molecular weight is 557 g/mol. The summed E-state index contributed by atoms with van der Waals surface area (Å²) in [4.78, 5) is 41.2. The molecule has 1 heterocycles.